The van der Waals surface area contributed by atoms with Gasteiger partial charge in [0.2, 0.25) is 0 Å². The molecule has 2 N–H and O–H groups in total. The number of fused-ring (bicyclic) bond motifs is 1. The van der Waals surface area contributed by atoms with Gasteiger partial charge in [-0.1, -0.05) is 0 Å². The Balaban J connectivity index is 2.71. The van der Waals surface area contributed by atoms with E-state index in [0.717, 1.165) is 0 Å². The Morgan fingerprint density at radius 1 is 1.44 bits per heavy atom. The molecule has 0 saturated heterocycles. The largest absolute Gasteiger partial charge is 0.478 e. The highest BCUT2D eigenvalue weighted by Gasteiger charge is 2.35. The first kappa shape index (κ1) is 12.6. The van der Waals surface area contributed by atoms with Crippen LogP contribution < -0.4 is 5.32 Å². The quantitative estimate of drug-likeness (QED) is 0.885. The van der Waals surface area contributed by atoms with Crippen LogP contribution in [0.5, 0.6) is 0 Å². The molecule has 0 aliphatic rings. The minimum Gasteiger partial charge on any atom is -0.478 e. The summed E-state index contributed by atoms with van der Waals surface area (Å²) >= 11 is 0.426. The number of halogens is 3. The Labute approximate surface area is 103 Å². The van der Waals surface area contributed by atoms with Crippen LogP contribution >= 0.6 is 11.3 Å². The standard InChI is InChI=1S/C10H7F3N2O2S/c1-14-5-2-4(8(16)17)3-6-7(5)15-9(18-6)10(11,12)13/h2-3,14H,1H3,(H,16,17). The normalized spacial score (nSPS) is 11.8. The van der Waals surface area contributed by atoms with Crippen LogP contribution in [0.15, 0.2) is 12.1 Å². The van der Waals surface area contributed by atoms with Crippen molar-refractivity contribution in [1.82, 2.24) is 4.98 Å². The number of benzene rings is 1. The number of anilines is 1. The van der Waals surface area contributed by atoms with Crippen LogP contribution in [0.1, 0.15) is 15.4 Å². The molecule has 0 bridgehead atoms. The molecule has 1 aromatic carbocycles. The summed E-state index contributed by atoms with van der Waals surface area (Å²) in [7, 11) is 1.49. The number of hydrogen-bond donors (Lipinski definition) is 2. The predicted octanol–water partition coefficient (Wildman–Crippen LogP) is 3.06. The van der Waals surface area contributed by atoms with Gasteiger partial charge in [0.1, 0.15) is 5.52 Å². The molecule has 1 aromatic heterocycles. The lowest BCUT2D eigenvalue weighted by molar-refractivity contribution is -0.137. The minimum absolute atomic E-state index is 0.0794. The molecule has 2 aromatic rings. The highest BCUT2D eigenvalue weighted by atomic mass is 32.1. The molecule has 0 amide bonds. The number of nitrogens with zero attached hydrogens (tertiary/aromatic N) is 1. The van der Waals surface area contributed by atoms with Crippen LogP contribution in [0, 0.1) is 0 Å². The Kier molecular flexibility index (Phi) is 2.89. The van der Waals surface area contributed by atoms with E-state index in [2.05, 4.69) is 10.3 Å². The van der Waals surface area contributed by atoms with E-state index in [1.165, 1.54) is 19.2 Å². The summed E-state index contributed by atoms with van der Waals surface area (Å²) in [4.78, 5) is 14.3. The summed E-state index contributed by atoms with van der Waals surface area (Å²) in [5.41, 5.74) is 0.306. The molecule has 4 nitrogen and oxygen atoms in total. The molecule has 8 heteroatoms. The van der Waals surface area contributed by atoms with E-state index >= 15 is 0 Å². The molecule has 0 unspecified atom stereocenters. The average molecular weight is 276 g/mol. The summed E-state index contributed by atoms with van der Waals surface area (Å²) < 4.78 is 37.8. The Morgan fingerprint density at radius 2 is 2.11 bits per heavy atom. The van der Waals surface area contributed by atoms with Gasteiger partial charge in [0, 0.05) is 7.05 Å². The molecule has 96 valence electrons. The Bertz CT molecular complexity index is 621. The van der Waals surface area contributed by atoms with Gasteiger partial charge >= 0.3 is 12.1 Å². The zero-order chi connectivity index (χ0) is 13.5. The SMILES string of the molecule is CNc1cc(C(=O)O)cc2sc(C(F)(F)F)nc12. The number of carbonyl (C=O) groups is 1. The number of hydrogen-bond acceptors (Lipinski definition) is 4. The third-order valence-electron chi connectivity index (χ3n) is 2.25. The molecule has 0 fully saturated rings. The number of rotatable bonds is 2. The van der Waals surface area contributed by atoms with E-state index in [1.807, 2.05) is 0 Å². The second-order valence-electron chi connectivity index (χ2n) is 3.44. The molecular weight excluding hydrogens is 269 g/mol. The van der Waals surface area contributed by atoms with Gasteiger partial charge in [-0.2, -0.15) is 13.2 Å². The second-order valence-corrected chi connectivity index (χ2v) is 4.47. The van der Waals surface area contributed by atoms with Gasteiger partial charge in [0.25, 0.3) is 0 Å². The third-order valence-corrected chi connectivity index (χ3v) is 3.30. The molecule has 18 heavy (non-hydrogen) atoms. The van der Waals surface area contributed by atoms with Crippen molar-refractivity contribution in [1.29, 1.82) is 0 Å². The molecule has 0 spiro atoms. The Morgan fingerprint density at radius 3 is 2.61 bits per heavy atom. The molecule has 0 saturated carbocycles. The topological polar surface area (TPSA) is 62.2 Å². The average Bonchev–Trinajstić information content (AvgIpc) is 2.70. The zero-order valence-corrected chi connectivity index (χ0v) is 9.82. The zero-order valence-electron chi connectivity index (χ0n) is 9.00. The number of thiazole rings is 1. The molecule has 2 rings (SSSR count). The van der Waals surface area contributed by atoms with Crippen molar-refractivity contribution in [3.63, 3.8) is 0 Å². The fraction of sp³-hybridized carbons (Fsp3) is 0.200. The van der Waals surface area contributed by atoms with E-state index in [9.17, 15) is 18.0 Å². The summed E-state index contributed by atoms with van der Waals surface area (Å²) in [5, 5.41) is 10.5. The van der Waals surface area contributed by atoms with Gasteiger partial charge in [-0.25, -0.2) is 9.78 Å². The maximum atomic E-state index is 12.5. The van der Waals surface area contributed by atoms with E-state index in [4.69, 9.17) is 5.11 Å². The molecule has 0 atom stereocenters. The second kappa shape index (κ2) is 4.13. The van der Waals surface area contributed by atoms with Crippen LogP contribution in [-0.4, -0.2) is 23.1 Å². The van der Waals surface area contributed by atoms with Crippen molar-refractivity contribution < 1.29 is 23.1 Å². The third kappa shape index (κ3) is 2.10. The Hall–Kier alpha value is -1.83. The van der Waals surface area contributed by atoms with Crippen molar-refractivity contribution in [3.05, 3.63) is 22.7 Å². The molecule has 0 aliphatic heterocycles. The highest BCUT2D eigenvalue weighted by molar-refractivity contribution is 7.18. The first-order valence-corrected chi connectivity index (χ1v) is 5.57. The number of aromatic nitrogens is 1. The molecular formula is C10H7F3N2O2S. The smallest absolute Gasteiger partial charge is 0.443 e. The van der Waals surface area contributed by atoms with Crippen molar-refractivity contribution in [3.8, 4) is 0 Å². The first-order chi connectivity index (χ1) is 8.32. The first-order valence-electron chi connectivity index (χ1n) is 4.75. The van der Waals surface area contributed by atoms with E-state index in [1.54, 1.807) is 0 Å². The van der Waals surface area contributed by atoms with Crippen LogP contribution in [-0.2, 0) is 6.18 Å². The van der Waals surface area contributed by atoms with Gasteiger partial charge in [-0.05, 0) is 12.1 Å². The fourth-order valence-electron chi connectivity index (χ4n) is 1.46. The van der Waals surface area contributed by atoms with Crippen molar-refractivity contribution in [2.24, 2.45) is 0 Å². The van der Waals surface area contributed by atoms with Crippen LogP contribution in [0.2, 0.25) is 0 Å². The number of alkyl halides is 3. The number of carboxylic acid groups (broad SMARTS) is 1. The summed E-state index contributed by atoms with van der Waals surface area (Å²) in [6, 6.07) is 2.44. The van der Waals surface area contributed by atoms with E-state index in [0.29, 0.717) is 11.3 Å². The van der Waals surface area contributed by atoms with E-state index in [-0.39, 0.29) is 21.5 Å². The lowest BCUT2D eigenvalue weighted by Gasteiger charge is -2.02. The fourth-order valence-corrected chi connectivity index (χ4v) is 2.36. The van der Waals surface area contributed by atoms with Gasteiger partial charge in [0.05, 0.1) is 16.0 Å². The number of nitrogens with one attached hydrogen (secondary N) is 1. The maximum Gasteiger partial charge on any atom is 0.443 e. The maximum absolute atomic E-state index is 12.5. The number of aromatic carboxylic acids is 1. The van der Waals surface area contributed by atoms with Crippen LogP contribution in [0.25, 0.3) is 10.2 Å². The van der Waals surface area contributed by atoms with Gasteiger partial charge in [-0.3, -0.25) is 0 Å². The number of carboxylic acids is 1. The predicted molar refractivity (Wildman–Crippen MR) is 61.1 cm³/mol. The van der Waals surface area contributed by atoms with E-state index < -0.39 is 17.2 Å². The van der Waals surface area contributed by atoms with Crippen molar-refractivity contribution in [2.45, 2.75) is 6.18 Å². The minimum atomic E-state index is -4.53. The van der Waals surface area contributed by atoms with Gasteiger partial charge in [0.15, 0.2) is 5.01 Å². The summed E-state index contributed by atoms with van der Waals surface area (Å²) in [6.07, 6.45) is -4.53. The van der Waals surface area contributed by atoms with Gasteiger partial charge < -0.3 is 10.4 Å². The highest BCUT2D eigenvalue weighted by Crippen LogP contribution is 2.38. The summed E-state index contributed by atoms with van der Waals surface area (Å²) in [5.74, 6) is -1.20. The van der Waals surface area contributed by atoms with Crippen molar-refractivity contribution >= 4 is 33.2 Å². The van der Waals surface area contributed by atoms with Crippen LogP contribution in [0.4, 0.5) is 18.9 Å². The molecule has 0 aliphatic carbocycles. The van der Waals surface area contributed by atoms with Gasteiger partial charge in [-0.15, -0.1) is 11.3 Å². The lowest BCUT2D eigenvalue weighted by Crippen LogP contribution is -2.03. The molecule has 1 heterocycles. The molecule has 0 radical (unpaired) electrons. The lowest BCUT2D eigenvalue weighted by atomic mass is 10.2. The van der Waals surface area contributed by atoms with Crippen molar-refractivity contribution in [2.75, 3.05) is 12.4 Å². The van der Waals surface area contributed by atoms with Crippen LogP contribution in [0.3, 0.4) is 0 Å². The monoisotopic (exact) mass is 276 g/mol. The summed E-state index contributed by atoms with van der Waals surface area (Å²) in [6.45, 7) is 0.